The van der Waals surface area contributed by atoms with Gasteiger partial charge >= 0.3 is 5.97 Å². The van der Waals surface area contributed by atoms with E-state index in [9.17, 15) is 9.90 Å². The lowest BCUT2D eigenvalue weighted by Gasteiger charge is -2.32. The largest absolute Gasteiger partial charge is 0.497 e. The van der Waals surface area contributed by atoms with Crippen molar-refractivity contribution in [3.8, 4) is 5.75 Å². The Morgan fingerprint density at radius 1 is 1.25 bits per heavy atom. The Bertz CT molecular complexity index is 734. The average molecular weight is 390 g/mol. The van der Waals surface area contributed by atoms with Crippen molar-refractivity contribution in [2.45, 2.75) is 24.9 Å². The molecule has 2 atom stereocenters. The number of carboxylic acids is 1. The van der Waals surface area contributed by atoms with Gasteiger partial charge in [-0.25, -0.2) is 0 Å². The molecule has 0 aliphatic carbocycles. The number of methoxy groups -OCH3 is 1. The van der Waals surface area contributed by atoms with Crippen LogP contribution in [0.4, 0.5) is 0 Å². The molecule has 0 bridgehead atoms. The van der Waals surface area contributed by atoms with Gasteiger partial charge in [-0.15, -0.1) is 0 Å². The van der Waals surface area contributed by atoms with Crippen LogP contribution in [0, 0.1) is 0 Å². The van der Waals surface area contributed by atoms with Crippen LogP contribution in [0.25, 0.3) is 0 Å². The summed E-state index contributed by atoms with van der Waals surface area (Å²) in [5.41, 5.74) is 2.12. The molecule has 3 rings (SSSR count). The molecular formula is C19H20BrNO3. The highest BCUT2D eigenvalue weighted by Crippen LogP contribution is 2.36. The van der Waals surface area contributed by atoms with Crippen LogP contribution in [0.5, 0.6) is 5.75 Å². The average Bonchev–Trinajstić information content (AvgIpc) is 3.05. The second-order valence-electron chi connectivity index (χ2n) is 5.97. The van der Waals surface area contributed by atoms with E-state index in [0.717, 1.165) is 34.3 Å². The molecule has 1 heterocycles. The van der Waals surface area contributed by atoms with Crippen molar-refractivity contribution in [2.24, 2.45) is 0 Å². The van der Waals surface area contributed by atoms with Gasteiger partial charge < -0.3 is 9.84 Å². The summed E-state index contributed by atoms with van der Waals surface area (Å²) in [6.07, 6.45) is 1.58. The van der Waals surface area contributed by atoms with Crippen molar-refractivity contribution in [1.82, 2.24) is 4.90 Å². The molecule has 1 fully saturated rings. The van der Waals surface area contributed by atoms with Crippen molar-refractivity contribution in [2.75, 3.05) is 13.7 Å². The van der Waals surface area contributed by atoms with Gasteiger partial charge in [0.25, 0.3) is 0 Å². The van der Waals surface area contributed by atoms with Gasteiger partial charge in [0.15, 0.2) is 0 Å². The third-order valence-electron chi connectivity index (χ3n) is 4.48. The Labute approximate surface area is 150 Å². The summed E-state index contributed by atoms with van der Waals surface area (Å²) >= 11 is 3.52. The summed E-state index contributed by atoms with van der Waals surface area (Å²) in [6, 6.07) is 15.4. The van der Waals surface area contributed by atoms with Crippen molar-refractivity contribution in [1.29, 1.82) is 0 Å². The number of carbonyl (C=O) groups is 1. The van der Waals surface area contributed by atoms with E-state index in [1.165, 1.54) is 0 Å². The van der Waals surface area contributed by atoms with Crippen LogP contribution in [-0.4, -0.2) is 35.7 Å². The Kier molecular flexibility index (Phi) is 5.21. The minimum Gasteiger partial charge on any atom is -0.497 e. The topological polar surface area (TPSA) is 49.8 Å². The summed E-state index contributed by atoms with van der Waals surface area (Å²) in [4.78, 5) is 13.8. The zero-order chi connectivity index (χ0) is 17.1. The molecule has 24 heavy (non-hydrogen) atoms. The zero-order valence-electron chi connectivity index (χ0n) is 13.5. The van der Waals surface area contributed by atoms with Crippen LogP contribution in [0.15, 0.2) is 53.0 Å². The maximum absolute atomic E-state index is 11.7. The number of benzene rings is 2. The van der Waals surface area contributed by atoms with E-state index in [1.807, 2.05) is 42.5 Å². The number of carboxylic acid groups (broad SMARTS) is 1. The first-order valence-electron chi connectivity index (χ1n) is 7.98. The van der Waals surface area contributed by atoms with Crippen LogP contribution >= 0.6 is 15.9 Å². The van der Waals surface area contributed by atoms with Crippen molar-refractivity contribution in [3.05, 3.63) is 64.1 Å². The molecule has 0 aromatic heterocycles. The Balaban J connectivity index is 2.08. The van der Waals surface area contributed by atoms with Crippen LogP contribution in [-0.2, 0) is 4.79 Å². The molecule has 4 nitrogen and oxygen atoms in total. The second kappa shape index (κ2) is 7.36. The van der Waals surface area contributed by atoms with Crippen LogP contribution in [0.2, 0.25) is 0 Å². The first-order chi connectivity index (χ1) is 11.6. The van der Waals surface area contributed by atoms with Crippen molar-refractivity contribution >= 4 is 21.9 Å². The number of hydrogen-bond acceptors (Lipinski definition) is 3. The molecule has 2 aromatic carbocycles. The molecule has 1 aliphatic heterocycles. The highest BCUT2D eigenvalue weighted by Gasteiger charge is 2.36. The normalized spacial score (nSPS) is 19.2. The predicted molar refractivity (Wildman–Crippen MR) is 96.3 cm³/mol. The highest BCUT2D eigenvalue weighted by atomic mass is 79.9. The number of rotatable bonds is 5. The fourth-order valence-corrected chi connectivity index (χ4v) is 3.84. The zero-order valence-corrected chi connectivity index (χ0v) is 15.1. The quantitative estimate of drug-likeness (QED) is 0.836. The lowest BCUT2D eigenvalue weighted by Crippen LogP contribution is -2.39. The summed E-state index contributed by atoms with van der Waals surface area (Å²) in [5.74, 6) is 0.0222. The molecule has 2 unspecified atom stereocenters. The van der Waals surface area contributed by atoms with E-state index in [1.54, 1.807) is 7.11 Å². The number of nitrogens with zero attached hydrogens (tertiary/aromatic N) is 1. The molecule has 2 aromatic rings. The van der Waals surface area contributed by atoms with Gasteiger partial charge in [-0.2, -0.15) is 0 Å². The molecule has 5 heteroatoms. The Morgan fingerprint density at radius 2 is 1.96 bits per heavy atom. The molecule has 1 N–H and O–H groups in total. The summed E-state index contributed by atoms with van der Waals surface area (Å²) in [6.45, 7) is 0.769. The Hall–Kier alpha value is -1.85. The molecular weight excluding hydrogens is 370 g/mol. The van der Waals surface area contributed by atoms with E-state index >= 15 is 0 Å². The van der Waals surface area contributed by atoms with Crippen molar-refractivity contribution < 1.29 is 14.6 Å². The summed E-state index contributed by atoms with van der Waals surface area (Å²) < 4.78 is 6.34. The van der Waals surface area contributed by atoms with Gasteiger partial charge in [0, 0.05) is 11.0 Å². The van der Waals surface area contributed by atoms with Gasteiger partial charge in [0.1, 0.15) is 11.8 Å². The molecule has 1 saturated heterocycles. The van der Waals surface area contributed by atoms with Gasteiger partial charge in [-0.3, -0.25) is 9.69 Å². The fraction of sp³-hybridized carbons (Fsp3) is 0.316. The van der Waals surface area contributed by atoms with Crippen LogP contribution in [0.3, 0.4) is 0 Å². The lowest BCUT2D eigenvalue weighted by atomic mass is 9.96. The van der Waals surface area contributed by atoms with E-state index in [2.05, 4.69) is 26.9 Å². The maximum atomic E-state index is 11.7. The number of hydrogen-bond donors (Lipinski definition) is 1. The minimum absolute atomic E-state index is 0.110. The number of ether oxygens (including phenoxy) is 1. The third-order valence-corrected chi connectivity index (χ3v) is 4.98. The first kappa shape index (κ1) is 17.0. The third kappa shape index (κ3) is 3.47. The number of likely N-dealkylation sites (tertiary alicyclic amines) is 1. The van der Waals surface area contributed by atoms with Gasteiger partial charge in [0.05, 0.1) is 13.2 Å². The smallest absolute Gasteiger partial charge is 0.320 e. The SMILES string of the molecule is COc1cccc(C(c2cccc(Br)c2)N2CCCC2C(=O)O)c1. The first-order valence-corrected chi connectivity index (χ1v) is 8.77. The minimum atomic E-state index is -0.754. The number of aliphatic carboxylic acids is 1. The van der Waals surface area contributed by atoms with Gasteiger partial charge in [-0.05, 0) is 48.2 Å². The molecule has 0 spiro atoms. The van der Waals surface area contributed by atoms with E-state index in [4.69, 9.17) is 4.74 Å². The molecule has 126 valence electrons. The monoisotopic (exact) mass is 389 g/mol. The number of halogens is 1. The van der Waals surface area contributed by atoms with Crippen molar-refractivity contribution in [3.63, 3.8) is 0 Å². The Morgan fingerprint density at radius 3 is 2.62 bits per heavy atom. The highest BCUT2D eigenvalue weighted by molar-refractivity contribution is 9.10. The van der Waals surface area contributed by atoms with E-state index < -0.39 is 12.0 Å². The standard InChI is InChI=1S/C19H20BrNO3/c1-24-16-8-3-6-14(12-16)18(13-5-2-7-15(20)11-13)21-10-4-9-17(21)19(22)23/h2-3,5-8,11-12,17-18H,4,9-10H2,1H3,(H,22,23). The van der Waals surface area contributed by atoms with Crippen LogP contribution in [0.1, 0.15) is 30.0 Å². The molecule has 0 radical (unpaired) electrons. The molecule has 0 amide bonds. The van der Waals surface area contributed by atoms with Crippen LogP contribution < -0.4 is 4.74 Å². The second-order valence-corrected chi connectivity index (χ2v) is 6.88. The molecule has 1 aliphatic rings. The lowest BCUT2D eigenvalue weighted by molar-refractivity contribution is -0.142. The van der Waals surface area contributed by atoms with Gasteiger partial charge in [0.2, 0.25) is 0 Å². The maximum Gasteiger partial charge on any atom is 0.320 e. The predicted octanol–water partition coefficient (Wildman–Crippen LogP) is 4.10. The summed E-state index contributed by atoms with van der Waals surface area (Å²) in [7, 11) is 1.64. The summed E-state index contributed by atoms with van der Waals surface area (Å²) in [5, 5.41) is 9.61. The molecule has 0 saturated carbocycles. The van der Waals surface area contributed by atoms with Gasteiger partial charge in [-0.1, -0.05) is 40.2 Å². The van der Waals surface area contributed by atoms with E-state index in [-0.39, 0.29) is 6.04 Å². The van der Waals surface area contributed by atoms with E-state index in [0.29, 0.717) is 6.42 Å². The fourth-order valence-electron chi connectivity index (χ4n) is 3.43.